The largest absolute Gasteiger partial charge is 0.480 e. The van der Waals surface area contributed by atoms with Crippen molar-refractivity contribution in [3.8, 4) is 0 Å². The van der Waals surface area contributed by atoms with Gasteiger partial charge in [-0.2, -0.15) is 0 Å². The van der Waals surface area contributed by atoms with Crippen molar-refractivity contribution >= 4 is 41.8 Å². The molecule has 0 radical (unpaired) electrons. The lowest BCUT2D eigenvalue weighted by atomic mass is 10.2. The van der Waals surface area contributed by atoms with Crippen LogP contribution in [0.3, 0.4) is 0 Å². The van der Waals surface area contributed by atoms with Crippen LogP contribution >= 0.6 is 15.9 Å². The molecule has 0 aliphatic heterocycles. The number of nitrogens with one attached hydrogen (secondary N) is 1. The third-order valence-electron chi connectivity index (χ3n) is 4.27. The van der Waals surface area contributed by atoms with Gasteiger partial charge >= 0.3 is 11.9 Å². The molecule has 0 unspecified atom stereocenters. The van der Waals surface area contributed by atoms with E-state index in [9.17, 15) is 14.4 Å². The van der Waals surface area contributed by atoms with Gasteiger partial charge in [0.2, 0.25) is 5.91 Å². The van der Waals surface area contributed by atoms with Gasteiger partial charge in [-0.05, 0) is 6.04 Å². The SMILES string of the molecule is CC[Si](CC)(CC)CCOC(=O)C[C@H](NC(=O)CBr)C(=O)O. The highest BCUT2D eigenvalue weighted by atomic mass is 79.9. The van der Waals surface area contributed by atoms with Crippen LogP contribution in [-0.4, -0.2) is 49.0 Å². The number of aliphatic carboxylic acids is 1. The molecule has 0 fully saturated rings. The second-order valence-corrected chi connectivity index (χ2v) is 11.5. The lowest BCUT2D eigenvalue weighted by Gasteiger charge is -2.27. The van der Waals surface area contributed by atoms with Crippen LogP contribution in [0.1, 0.15) is 27.2 Å². The summed E-state index contributed by atoms with van der Waals surface area (Å²) in [7, 11) is -1.35. The van der Waals surface area contributed by atoms with Crippen LogP contribution in [0, 0.1) is 0 Å². The minimum atomic E-state index is -1.35. The van der Waals surface area contributed by atoms with Crippen LogP contribution in [0.4, 0.5) is 0 Å². The molecule has 1 amide bonds. The molecule has 0 aromatic rings. The molecular weight excluding hydrogens is 370 g/mol. The monoisotopic (exact) mass is 395 g/mol. The average molecular weight is 396 g/mol. The third-order valence-corrected chi connectivity index (χ3v) is 10.5. The third kappa shape index (κ3) is 7.39. The number of halogens is 1. The molecule has 0 aliphatic rings. The molecule has 22 heavy (non-hydrogen) atoms. The second-order valence-electron chi connectivity index (χ2n) is 5.33. The molecule has 0 bridgehead atoms. The molecule has 128 valence electrons. The maximum Gasteiger partial charge on any atom is 0.326 e. The number of carboxylic acid groups (broad SMARTS) is 1. The Kier molecular flexibility index (Phi) is 10.3. The lowest BCUT2D eigenvalue weighted by Crippen LogP contribution is -2.43. The van der Waals surface area contributed by atoms with E-state index in [0.29, 0.717) is 6.61 Å². The minimum absolute atomic E-state index is 0.0105. The molecule has 0 aromatic heterocycles. The number of esters is 1. The summed E-state index contributed by atoms with van der Waals surface area (Å²) in [6, 6.07) is 3.10. The summed E-state index contributed by atoms with van der Waals surface area (Å²) in [4.78, 5) is 34.0. The Morgan fingerprint density at radius 2 is 1.73 bits per heavy atom. The predicted molar refractivity (Wildman–Crippen MR) is 90.9 cm³/mol. The highest BCUT2D eigenvalue weighted by molar-refractivity contribution is 9.09. The van der Waals surface area contributed by atoms with Gasteiger partial charge in [0.05, 0.1) is 26.4 Å². The van der Waals surface area contributed by atoms with Crippen LogP contribution < -0.4 is 5.32 Å². The second kappa shape index (κ2) is 10.8. The van der Waals surface area contributed by atoms with Gasteiger partial charge in [0.15, 0.2) is 0 Å². The Bertz CT molecular complexity index is 379. The topological polar surface area (TPSA) is 92.7 Å². The predicted octanol–water partition coefficient (Wildman–Crippen LogP) is 2.39. The lowest BCUT2D eigenvalue weighted by molar-refractivity contribution is -0.150. The van der Waals surface area contributed by atoms with Crippen molar-refractivity contribution in [1.29, 1.82) is 0 Å². The summed E-state index contributed by atoms with van der Waals surface area (Å²) in [6.07, 6.45) is -0.354. The summed E-state index contributed by atoms with van der Waals surface area (Å²) < 4.78 is 5.17. The number of ether oxygens (including phenoxy) is 1. The Labute approximate surface area is 141 Å². The first kappa shape index (κ1) is 21.1. The van der Waals surface area contributed by atoms with Crippen molar-refractivity contribution in [2.75, 3.05) is 11.9 Å². The Balaban J connectivity index is 4.36. The van der Waals surface area contributed by atoms with Crippen LogP contribution in [0.2, 0.25) is 24.2 Å². The zero-order chi connectivity index (χ0) is 17.2. The van der Waals surface area contributed by atoms with Gasteiger partial charge < -0.3 is 15.2 Å². The molecule has 0 saturated carbocycles. The van der Waals surface area contributed by atoms with E-state index in [1.807, 2.05) is 0 Å². The van der Waals surface area contributed by atoms with E-state index in [0.717, 1.165) is 24.2 Å². The summed E-state index contributed by atoms with van der Waals surface area (Å²) >= 11 is 2.93. The highest BCUT2D eigenvalue weighted by Gasteiger charge is 2.28. The zero-order valence-electron chi connectivity index (χ0n) is 13.5. The summed E-state index contributed by atoms with van der Waals surface area (Å²) in [5.41, 5.74) is 0. The number of hydrogen-bond acceptors (Lipinski definition) is 4. The van der Waals surface area contributed by atoms with Gasteiger partial charge in [-0.25, -0.2) is 4.79 Å². The number of rotatable bonds is 11. The van der Waals surface area contributed by atoms with Crippen LogP contribution in [0.25, 0.3) is 0 Å². The molecule has 2 N–H and O–H groups in total. The number of carbonyl (C=O) groups excluding carboxylic acids is 2. The van der Waals surface area contributed by atoms with Crippen LogP contribution in [-0.2, 0) is 19.1 Å². The number of hydrogen-bond donors (Lipinski definition) is 2. The van der Waals surface area contributed by atoms with Gasteiger partial charge in [-0.3, -0.25) is 9.59 Å². The Morgan fingerprint density at radius 3 is 2.14 bits per heavy atom. The number of alkyl halides is 1. The van der Waals surface area contributed by atoms with Gasteiger partial charge in [0.25, 0.3) is 0 Å². The standard InChI is InChI=1S/C14H26BrNO5Si/c1-4-22(5-2,6-3)8-7-21-13(18)9-11(14(19)20)16-12(17)10-15/h11H,4-10H2,1-3H3,(H,16,17)(H,19,20)/t11-/m0/s1. The van der Waals surface area contributed by atoms with Crippen molar-refractivity contribution in [1.82, 2.24) is 5.32 Å². The molecule has 8 heteroatoms. The molecule has 1 atom stereocenters. The molecule has 0 saturated heterocycles. The Hall–Kier alpha value is -0.893. The summed E-state index contributed by atoms with van der Waals surface area (Å²) in [6.45, 7) is 6.87. The fourth-order valence-corrected chi connectivity index (χ4v) is 5.58. The summed E-state index contributed by atoms with van der Waals surface area (Å²) in [5.74, 6) is -2.31. The normalized spacial score (nSPS) is 12.5. The molecule has 0 aliphatic carbocycles. The molecule has 0 rings (SSSR count). The molecule has 0 aromatic carbocycles. The fraction of sp³-hybridized carbons (Fsp3) is 0.786. The highest BCUT2D eigenvalue weighted by Crippen LogP contribution is 2.24. The summed E-state index contributed by atoms with van der Waals surface area (Å²) in [5, 5.41) is 11.3. The number of amides is 1. The fourth-order valence-electron chi connectivity index (χ4n) is 2.32. The van der Waals surface area contributed by atoms with Gasteiger partial charge in [0, 0.05) is 0 Å². The van der Waals surface area contributed by atoms with Crippen molar-refractivity contribution in [3.63, 3.8) is 0 Å². The van der Waals surface area contributed by atoms with Crippen molar-refractivity contribution in [3.05, 3.63) is 0 Å². The Morgan fingerprint density at radius 1 is 1.18 bits per heavy atom. The molecule has 0 heterocycles. The van der Waals surface area contributed by atoms with Crippen LogP contribution in [0.5, 0.6) is 0 Å². The van der Waals surface area contributed by atoms with E-state index in [4.69, 9.17) is 9.84 Å². The minimum Gasteiger partial charge on any atom is -0.480 e. The maximum absolute atomic E-state index is 11.7. The molecule has 6 nitrogen and oxygen atoms in total. The first-order valence-corrected chi connectivity index (χ1v) is 11.5. The maximum atomic E-state index is 11.7. The van der Waals surface area contributed by atoms with Crippen LogP contribution in [0.15, 0.2) is 0 Å². The van der Waals surface area contributed by atoms with Crippen molar-refractivity contribution in [2.24, 2.45) is 0 Å². The van der Waals surface area contributed by atoms with Crippen molar-refractivity contribution in [2.45, 2.75) is 57.4 Å². The smallest absolute Gasteiger partial charge is 0.326 e. The average Bonchev–Trinajstić information content (AvgIpc) is 2.51. The molecule has 0 spiro atoms. The van der Waals surface area contributed by atoms with Gasteiger partial charge in [-0.15, -0.1) is 0 Å². The van der Waals surface area contributed by atoms with E-state index in [2.05, 4.69) is 42.0 Å². The van der Waals surface area contributed by atoms with E-state index in [-0.39, 0.29) is 11.8 Å². The first-order valence-electron chi connectivity index (χ1n) is 7.57. The van der Waals surface area contributed by atoms with E-state index in [1.54, 1.807) is 0 Å². The zero-order valence-corrected chi connectivity index (χ0v) is 16.1. The molecular formula is C14H26BrNO5Si. The van der Waals surface area contributed by atoms with E-state index >= 15 is 0 Å². The van der Waals surface area contributed by atoms with E-state index < -0.39 is 32.0 Å². The number of carboxylic acids is 1. The quantitative estimate of drug-likeness (QED) is 0.318. The van der Waals surface area contributed by atoms with Crippen molar-refractivity contribution < 1.29 is 24.2 Å². The van der Waals surface area contributed by atoms with E-state index in [1.165, 1.54) is 0 Å². The van der Waals surface area contributed by atoms with Gasteiger partial charge in [-0.1, -0.05) is 54.8 Å². The first-order chi connectivity index (χ1) is 10.3. The number of carbonyl (C=O) groups is 3. The van der Waals surface area contributed by atoms with Gasteiger partial charge in [0.1, 0.15) is 6.04 Å².